The lowest BCUT2D eigenvalue weighted by molar-refractivity contribution is 0.0956. The molecule has 0 atom stereocenters. The lowest BCUT2D eigenvalue weighted by Gasteiger charge is -2.34. The van der Waals surface area contributed by atoms with Crippen molar-refractivity contribution in [3.05, 3.63) is 23.8 Å². The van der Waals surface area contributed by atoms with Crippen molar-refractivity contribution in [2.45, 2.75) is 53.5 Å². The summed E-state index contributed by atoms with van der Waals surface area (Å²) in [5.41, 5.74) is 8.01. The molecule has 1 aromatic carbocycles. The summed E-state index contributed by atoms with van der Waals surface area (Å²) >= 11 is 0. The number of nitrogens with one attached hydrogen (secondary N) is 2. The Morgan fingerprint density at radius 2 is 1.81 bits per heavy atom. The highest BCUT2D eigenvalue weighted by molar-refractivity contribution is 6.00. The van der Waals surface area contributed by atoms with E-state index in [1.165, 1.54) is 0 Å². The number of rotatable bonds is 5. The summed E-state index contributed by atoms with van der Waals surface area (Å²) in [5, 5.41) is 6.32. The molecule has 0 radical (unpaired) electrons. The number of benzene rings is 1. The monoisotopic (exact) mass is 291 g/mol. The molecule has 0 heterocycles. The van der Waals surface area contributed by atoms with E-state index in [-0.39, 0.29) is 16.9 Å². The average Bonchev–Trinajstić information content (AvgIpc) is 2.24. The van der Waals surface area contributed by atoms with E-state index in [2.05, 4.69) is 45.3 Å². The molecular formula is C17H29N3O. The normalized spacial score (nSPS) is 12.1. The van der Waals surface area contributed by atoms with E-state index in [4.69, 9.17) is 5.73 Å². The summed E-state index contributed by atoms with van der Waals surface area (Å²) in [6, 6.07) is 5.36. The fraction of sp³-hybridized carbons (Fsp3) is 0.588. The van der Waals surface area contributed by atoms with Crippen LogP contribution in [0.15, 0.2) is 18.2 Å². The minimum atomic E-state index is -0.132. The van der Waals surface area contributed by atoms with Crippen LogP contribution in [0.1, 0.15) is 58.3 Å². The van der Waals surface area contributed by atoms with E-state index in [9.17, 15) is 4.79 Å². The fourth-order valence-electron chi connectivity index (χ4n) is 2.85. The number of carbonyl (C=O) groups is 1. The van der Waals surface area contributed by atoms with Crippen LogP contribution in [0, 0.1) is 5.41 Å². The minimum Gasteiger partial charge on any atom is -0.399 e. The van der Waals surface area contributed by atoms with Gasteiger partial charge in [-0.2, -0.15) is 0 Å². The van der Waals surface area contributed by atoms with Gasteiger partial charge in [0.05, 0.1) is 5.56 Å². The van der Waals surface area contributed by atoms with E-state index < -0.39 is 0 Å². The van der Waals surface area contributed by atoms with Crippen molar-refractivity contribution in [2.24, 2.45) is 5.41 Å². The van der Waals surface area contributed by atoms with Gasteiger partial charge in [-0.25, -0.2) is 0 Å². The molecule has 0 aliphatic carbocycles. The summed E-state index contributed by atoms with van der Waals surface area (Å²) in [6.45, 7) is 13.4. The van der Waals surface area contributed by atoms with Crippen molar-refractivity contribution in [1.29, 1.82) is 0 Å². The van der Waals surface area contributed by atoms with Gasteiger partial charge < -0.3 is 16.4 Å². The molecule has 118 valence electrons. The topological polar surface area (TPSA) is 67.2 Å². The SMILES string of the molecule is CCNC(=O)c1ccc(N)cc1NC(C)(C)CC(C)(C)C. The molecule has 4 heteroatoms. The molecule has 21 heavy (non-hydrogen) atoms. The molecule has 0 unspecified atom stereocenters. The third-order valence-corrected chi connectivity index (χ3v) is 3.07. The summed E-state index contributed by atoms with van der Waals surface area (Å²) in [7, 11) is 0. The number of carbonyl (C=O) groups excluding carboxylic acids is 1. The molecule has 0 saturated carbocycles. The molecule has 0 aliphatic rings. The van der Waals surface area contributed by atoms with Gasteiger partial charge in [-0.15, -0.1) is 0 Å². The second-order valence-electron chi connectivity index (χ2n) is 7.41. The number of hydrogen-bond acceptors (Lipinski definition) is 3. The molecular weight excluding hydrogens is 262 g/mol. The van der Waals surface area contributed by atoms with Gasteiger partial charge >= 0.3 is 0 Å². The van der Waals surface area contributed by atoms with Gasteiger partial charge in [0.15, 0.2) is 0 Å². The Hall–Kier alpha value is -1.71. The maximum Gasteiger partial charge on any atom is 0.253 e. The molecule has 0 spiro atoms. The molecule has 0 aliphatic heterocycles. The average molecular weight is 291 g/mol. The first kappa shape index (κ1) is 17.3. The van der Waals surface area contributed by atoms with E-state index in [0.717, 1.165) is 12.1 Å². The standard InChI is InChI=1S/C17H29N3O/c1-7-19-15(21)13-9-8-12(18)10-14(13)20-17(5,6)11-16(2,3)4/h8-10,20H,7,11,18H2,1-6H3,(H,19,21). The maximum atomic E-state index is 12.2. The van der Waals surface area contributed by atoms with Crippen LogP contribution in [0.2, 0.25) is 0 Å². The first-order valence-electron chi connectivity index (χ1n) is 7.50. The predicted octanol–water partition coefficient (Wildman–Crippen LogP) is 3.65. The Labute approximate surface area is 128 Å². The van der Waals surface area contributed by atoms with Gasteiger partial charge in [0, 0.05) is 23.5 Å². The molecule has 0 aromatic heterocycles. The van der Waals surface area contributed by atoms with Crippen molar-refractivity contribution in [3.63, 3.8) is 0 Å². The summed E-state index contributed by atoms with van der Waals surface area (Å²) in [6.07, 6.45) is 0.976. The van der Waals surface area contributed by atoms with Crippen molar-refractivity contribution < 1.29 is 4.79 Å². The van der Waals surface area contributed by atoms with Crippen molar-refractivity contribution in [3.8, 4) is 0 Å². The smallest absolute Gasteiger partial charge is 0.253 e. The summed E-state index contributed by atoms with van der Waals surface area (Å²) < 4.78 is 0. The van der Waals surface area contributed by atoms with Crippen molar-refractivity contribution in [2.75, 3.05) is 17.6 Å². The zero-order valence-corrected chi connectivity index (χ0v) is 14.1. The van der Waals surface area contributed by atoms with Crippen LogP contribution in [-0.4, -0.2) is 18.0 Å². The van der Waals surface area contributed by atoms with Crippen LogP contribution in [0.4, 0.5) is 11.4 Å². The molecule has 4 N–H and O–H groups in total. The molecule has 0 bridgehead atoms. The van der Waals surface area contributed by atoms with Crippen LogP contribution >= 0.6 is 0 Å². The van der Waals surface area contributed by atoms with Gasteiger partial charge in [0.25, 0.3) is 5.91 Å². The predicted molar refractivity (Wildman–Crippen MR) is 90.6 cm³/mol. The van der Waals surface area contributed by atoms with Crippen LogP contribution in [0.25, 0.3) is 0 Å². The molecule has 4 nitrogen and oxygen atoms in total. The number of nitrogens with two attached hydrogens (primary N) is 1. The van der Waals surface area contributed by atoms with Gasteiger partial charge in [-0.3, -0.25) is 4.79 Å². The second-order valence-corrected chi connectivity index (χ2v) is 7.41. The van der Waals surface area contributed by atoms with Gasteiger partial charge in [-0.05, 0) is 50.8 Å². The number of nitrogen functional groups attached to an aromatic ring is 1. The Kier molecular flexibility index (Phi) is 5.26. The van der Waals surface area contributed by atoms with Crippen LogP contribution in [0.3, 0.4) is 0 Å². The Morgan fingerprint density at radius 3 is 2.33 bits per heavy atom. The summed E-state index contributed by atoms with van der Waals surface area (Å²) in [4.78, 5) is 12.2. The Bertz CT molecular complexity index is 501. The van der Waals surface area contributed by atoms with Crippen LogP contribution in [-0.2, 0) is 0 Å². The minimum absolute atomic E-state index is 0.0773. The summed E-state index contributed by atoms with van der Waals surface area (Å²) in [5.74, 6) is -0.0773. The van der Waals surface area contributed by atoms with E-state index in [1.54, 1.807) is 12.1 Å². The lowest BCUT2D eigenvalue weighted by Crippen LogP contribution is -2.36. The Balaban J connectivity index is 3.06. The number of anilines is 2. The first-order valence-corrected chi connectivity index (χ1v) is 7.50. The van der Waals surface area contributed by atoms with E-state index in [0.29, 0.717) is 17.8 Å². The van der Waals surface area contributed by atoms with E-state index in [1.807, 2.05) is 13.0 Å². The van der Waals surface area contributed by atoms with Crippen LogP contribution in [0.5, 0.6) is 0 Å². The third kappa shape index (κ3) is 5.66. The quantitative estimate of drug-likeness (QED) is 0.725. The molecule has 1 amide bonds. The highest BCUT2D eigenvalue weighted by Crippen LogP contribution is 2.31. The third-order valence-electron chi connectivity index (χ3n) is 3.07. The van der Waals surface area contributed by atoms with Crippen molar-refractivity contribution in [1.82, 2.24) is 5.32 Å². The molecule has 1 rings (SSSR count). The first-order chi connectivity index (χ1) is 9.54. The lowest BCUT2D eigenvalue weighted by atomic mass is 9.81. The maximum absolute atomic E-state index is 12.2. The largest absolute Gasteiger partial charge is 0.399 e. The fourth-order valence-corrected chi connectivity index (χ4v) is 2.85. The Morgan fingerprint density at radius 1 is 1.19 bits per heavy atom. The van der Waals surface area contributed by atoms with Crippen molar-refractivity contribution >= 4 is 17.3 Å². The highest BCUT2D eigenvalue weighted by atomic mass is 16.1. The number of amides is 1. The van der Waals surface area contributed by atoms with Gasteiger partial charge in [0.2, 0.25) is 0 Å². The van der Waals surface area contributed by atoms with Gasteiger partial charge in [0.1, 0.15) is 0 Å². The molecule has 0 saturated heterocycles. The van der Waals surface area contributed by atoms with Crippen LogP contribution < -0.4 is 16.4 Å². The second kappa shape index (κ2) is 6.37. The number of hydrogen-bond donors (Lipinski definition) is 3. The van der Waals surface area contributed by atoms with Gasteiger partial charge in [-0.1, -0.05) is 20.8 Å². The highest BCUT2D eigenvalue weighted by Gasteiger charge is 2.26. The zero-order valence-electron chi connectivity index (χ0n) is 14.1. The molecule has 0 fully saturated rings. The molecule has 1 aromatic rings. The zero-order chi connectivity index (χ0) is 16.3. The van der Waals surface area contributed by atoms with E-state index >= 15 is 0 Å².